The number of ether oxygens (including phenoxy) is 1. The fourth-order valence-electron chi connectivity index (χ4n) is 3.19. The highest BCUT2D eigenvalue weighted by Gasteiger charge is 2.22. The van der Waals surface area contributed by atoms with Gasteiger partial charge in [-0.1, -0.05) is 18.2 Å². The standard InChI is InChI=1S/C20H19FN6O/c1-12(25-17-10-16(22)23-11-24-17)20-26-15-9-8-14(21)19(28-2)18(15)27(20)13-6-4-3-5-7-13/h3-12H,1-2H3,(H3,22,23,24,25)/t12-/m0/s1. The molecule has 7 nitrogen and oxygen atoms in total. The van der Waals surface area contributed by atoms with E-state index in [0.717, 1.165) is 5.69 Å². The van der Waals surface area contributed by atoms with Gasteiger partial charge >= 0.3 is 0 Å². The van der Waals surface area contributed by atoms with Crippen molar-refractivity contribution < 1.29 is 9.13 Å². The summed E-state index contributed by atoms with van der Waals surface area (Å²) < 4.78 is 21.6. The van der Waals surface area contributed by atoms with Crippen LogP contribution in [0.15, 0.2) is 54.9 Å². The number of nitrogens with two attached hydrogens (primary N) is 1. The van der Waals surface area contributed by atoms with Gasteiger partial charge in [0.25, 0.3) is 0 Å². The average Bonchev–Trinajstić information content (AvgIpc) is 3.08. The van der Waals surface area contributed by atoms with Crippen LogP contribution in [0.4, 0.5) is 16.0 Å². The number of hydrogen-bond acceptors (Lipinski definition) is 6. The first-order valence-electron chi connectivity index (χ1n) is 8.73. The molecule has 0 aliphatic heterocycles. The van der Waals surface area contributed by atoms with E-state index in [9.17, 15) is 4.39 Å². The van der Waals surface area contributed by atoms with Crippen LogP contribution in [0.5, 0.6) is 5.75 Å². The van der Waals surface area contributed by atoms with E-state index in [1.165, 1.54) is 19.5 Å². The Morgan fingerprint density at radius 1 is 1.14 bits per heavy atom. The molecule has 3 N–H and O–H groups in total. The Balaban J connectivity index is 1.90. The Morgan fingerprint density at radius 2 is 1.93 bits per heavy atom. The van der Waals surface area contributed by atoms with Crippen LogP contribution in [-0.2, 0) is 0 Å². The van der Waals surface area contributed by atoms with E-state index in [4.69, 9.17) is 15.5 Å². The highest BCUT2D eigenvalue weighted by atomic mass is 19.1. The molecule has 0 saturated carbocycles. The maximum Gasteiger partial charge on any atom is 0.180 e. The smallest absolute Gasteiger partial charge is 0.180 e. The van der Waals surface area contributed by atoms with Crippen molar-refractivity contribution in [3.05, 3.63) is 66.5 Å². The van der Waals surface area contributed by atoms with Crippen molar-refractivity contribution in [2.75, 3.05) is 18.2 Å². The normalized spacial score (nSPS) is 12.1. The molecule has 8 heteroatoms. The lowest BCUT2D eigenvalue weighted by Crippen LogP contribution is -2.14. The summed E-state index contributed by atoms with van der Waals surface area (Å²) in [6, 6.07) is 14.0. The summed E-state index contributed by atoms with van der Waals surface area (Å²) in [4.78, 5) is 12.8. The molecule has 0 bridgehead atoms. The molecule has 0 spiro atoms. The molecule has 0 fully saturated rings. The van der Waals surface area contributed by atoms with Gasteiger partial charge in [-0.3, -0.25) is 4.57 Å². The monoisotopic (exact) mass is 378 g/mol. The van der Waals surface area contributed by atoms with Crippen LogP contribution in [0.25, 0.3) is 16.7 Å². The number of halogens is 1. The maximum absolute atomic E-state index is 14.4. The van der Waals surface area contributed by atoms with Crippen molar-refractivity contribution >= 4 is 22.7 Å². The summed E-state index contributed by atoms with van der Waals surface area (Å²) in [5.41, 5.74) is 7.79. The Kier molecular flexibility index (Phi) is 4.52. The molecule has 2 aromatic heterocycles. The average molecular weight is 378 g/mol. The van der Waals surface area contributed by atoms with Crippen LogP contribution in [0.2, 0.25) is 0 Å². The minimum absolute atomic E-state index is 0.151. The number of aromatic nitrogens is 4. The van der Waals surface area contributed by atoms with Gasteiger partial charge in [0, 0.05) is 11.8 Å². The number of nitrogens with zero attached hydrogens (tertiary/aromatic N) is 4. The Morgan fingerprint density at radius 3 is 2.64 bits per heavy atom. The van der Waals surface area contributed by atoms with E-state index in [1.54, 1.807) is 12.1 Å². The fourth-order valence-corrected chi connectivity index (χ4v) is 3.19. The molecule has 1 atom stereocenters. The van der Waals surface area contributed by atoms with E-state index in [1.807, 2.05) is 41.8 Å². The number of benzene rings is 2. The number of fused-ring (bicyclic) bond motifs is 1. The molecule has 28 heavy (non-hydrogen) atoms. The van der Waals surface area contributed by atoms with E-state index in [-0.39, 0.29) is 11.8 Å². The van der Waals surface area contributed by atoms with E-state index >= 15 is 0 Å². The SMILES string of the molecule is COc1c(F)ccc2nc([C@H](C)Nc3cc(N)ncn3)n(-c3ccccc3)c12. The number of nitrogens with one attached hydrogen (secondary N) is 1. The van der Waals surface area contributed by atoms with Crippen LogP contribution >= 0.6 is 0 Å². The molecule has 0 saturated heterocycles. The Labute approximate surface area is 161 Å². The maximum atomic E-state index is 14.4. The van der Waals surface area contributed by atoms with Crippen LogP contribution in [-0.4, -0.2) is 26.6 Å². The minimum atomic E-state index is -0.442. The summed E-state index contributed by atoms with van der Waals surface area (Å²) in [5.74, 6) is 1.33. The van der Waals surface area contributed by atoms with Gasteiger partial charge in [0.1, 0.15) is 29.3 Å². The number of imidazole rings is 1. The minimum Gasteiger partial charge on any atom is -0.491 e. The molecule has 0 aliphatic carbocycles. The quantitative estimate of drug-likeness (QED) is 0.550. The molecule has 2 heterocycles. The van der Waals surface area contributed by atoms with Gasteiger partial charge in [0.15, 0.2) is 11.6 Å². The molecular formula is C20H19FN6O. The van der Waals surface area contributed by atoms with Gasteiger partial charge in [-0.15, -0.1) is 0 Å². The van der Waals surface area contributed by atoms with Gasteiger partial charge in [0.05, 0.1) is 18.7 Å². The van der Waals surface area contributed by atoms with Crippen molar-refractivity contribution in [2.45, 2.75) is 13.0 Å². The first kappa shape index (κ1) is 17.7. The molecule has 4 rings (SSSR count). The molecule has 0 aliphatic rings. The predicted molar refractivity (Wildman–Crippen MR) is 106 cm³/mol. The number of nitrogen functional groups attached to an aromatic ring is 1. The highest BCUT2D eigenvalue weighted by Crippen LogP contribution is 2.34. The third kappa shape index (κ3) is 3.09. The lowest BCUT2D eigenvalue weighted by atomic mass is 10.2. The number of hydrogen-bond donors (Lipinski definition) is 2. The zero-order valence-corrected chi connectivity index (χ0v) is 15.4. The van der Waals surface area contributed by atoms with E-state index in [0.29, 0.717) is 28.5 Å². The van der Waals surface area contributed by atoms with Gasteiger partial charge in [-0.25, -0.2) is 19.3 Å². The van der Waals surface area contributed by atoms with Crippen LogP contribution in [0, 0.1) is 5.82 Å². The van der Waals surface area contributed by atoms with E-state index in [2.05, 4.69) is 15.3 Å². The summed E-state index contributed by atoms with van der Waals surface area (Å²) in [6.07, 6.45) is 1.39. The van der Waals surface area contributed by atoms with Gasteiger partial charge in [-0.05, 0) is 31.2 Å². The lowest BCUT2D eigenvalue weighted by Gasteiger charge is -2.17. The molecule has 0 radical (unpaired) electrons. The molecule has 0 amide bonds. The largest absolute Gasteiger partial charge is 0.491 e. The molecular weight excluding hydrogens is 359 g/mol. The van der Waals surface area contributed by atoms with E-state index < -0.39 is 5.82 Å². The zero-order valence-electron chi connectivity index (χ0n) is 15.4. The Bertz CT molecular complexity index is 1130. The summed E-state index contributed by atoms with van der Waals surface area (Å²) in [6.45, 7) is 1.95. The summed E-state index contributed by atoms with van der Waals surface area (Å²) in [7, 11) is 1.45. The summed E-state index contributed by atoms with van der Waals surface area (Å²) in [5, 5.41) is 3.27. The molecule has 2 aromatic carbocycles. The van der Waals surface area contributed by atoms with Crippen LogP contribution in [0.1, 0.15) is 18.8 Å². The molecule has 4 aromatic rings. The number of methoxy groups -OCH3 is 1. The number of anilines is 2. The van der Waals surface area contributed by atoms with Crippen molar-refractivity contribution in [3.8, 4) is 11.4 Å². The van der Waals surface area contributed by atoms with Gasteiger partial charge < -0.3 is 15.8 Å². The Hall–Kier alpha value is -3.68. The number of para-hydroxylation sites is 1. The highest BCUT2D eigenvalue weighted by molar-refractivity contribution is 5.85. The first-order chi connectivity index (χ1) is 13.6. The second-order valence-corrected chi connectivity index (χ2v) is 6.28. The van der Waals surface area contributed by atoms with Gasteiger partial charge in [-0.2, -0.15) is 0 Å². The summed E-state index contributed by atoms with van der Waals surface area (Å²) >= 11 is 0. The number of rotatable bonds is 5. The van der Waals surface area contributed by atoms with Crippen molar-refractivity contribution in [1.29, 1.82) is 0 Å². The zero-order chi connectivity index (χ0) is 19.7. The van der Waals surface area contributed by atoms with Crippen LogP contribution in [0.3, 0.4) is 0 Å². The molecule has 0 unspecified atom stereocenters. The fraction of sp³-hybridized carbons (Fsp3) is 0.150. The van der Waals surface area contributed by atoms with Crippen molar-refractivity contribution in [3.63, 3.8) is 0 Å². The predicted octanol–water partition coefficient (Wildman–Crippen LogP) is 3.72. The topological polar surface area (TPSA) is 90.9 Å². The second kappa shape index (κ2) is 7.15. The third-order valence-corrected chi connectivity index (χ3v) is 4.41. The third-order valence-electron chi connectivity index (χ3n) is 4.41. The van der Waals surface area contributed by atoms with Crippen molar-refractivity contribution in [2.24, 2.45) is 0 Å². The first-order valence-corrected chi connectivity index (χ1v) is 8.73. The van der Waals surface area contributed by atoms with Crippen LogP contribution < -0.4 is 15.8 Å². The van der Waals surface area contributed by atoms with Gasteiger partial charge in [0.2, 0.25) is 0 Å². The lowest BCUT2D eigenvalue weighted by molar-refractivity contribution is 0.390. The van der Waals surface area contributed by atoms with Crippen molar-refractivity contribution in [1.82, 2.24) is 19.5 Å². The molecule has 142 valence electrons. The second-order valence-electron chi connectivity index (χ2n) is 6.28.